The van der Waals surface area contributed by atoms with Gasteiger partial charge in [-0.1, -0.05) is 34.5 Å². The molecule has 0 atom stereocenters. The fraction of sp³-hybridized carbons (Fsp3) is 0.0667. The van der Waals surface area contributed by atoms with Gasteiger partial charge in [0.05, 0.1) is 16.0 Å². The minimum atomic E-state index is -0.0925. The van der Waals surface area contributed by atoms with Crippen LogP contribution in [0, 0.1) is 0 Å². The van der Waals surface area contributed by atoms with Gasteiger partial charge >= 0.3 is 0 Å². The number of nitrogens with zero attached hydrogens (tertiary/aromatic N) is 1. The number of carbonyl (C=O) groups is 1. The van der Waals surface area contributed by atoms with E-state index in [-0.39, 0.29) is 5.91 Å². The van der Waals surface area contributed by atoms with Crippen LogP contribution in [0.25, 0.3) is 10.2 Å². The predicted octanol–water partition coefficient (Wildman–Crippen LogP) is 5.33. The van der Waals surface area contributed by atoms with E-state index in [0.717, 1.165) is 15.1 Å². The number of thiazole rings is 1. The van der Waals surface area contributed by atoms with Crippen LogP contribution >= 0.6 is 46.3 Å². The largest absolute Gasteiger partial charge is 0.301 e. The van der Waals surface area contributed by atoms with E-state index in [4.69, 9.17) is 23.2 Å². The van der Waals surface area contributed by atoms with Crippen molar-refractivity contribution in [2.75, 3.05) is 11.1 Å². The zero-order valence-corrected chi connectivity index (χ0v) is 14.3. The fourth-order valence-corrected chi connectivity index (χ4v) is 3.77. The van der Waals surface area contributed by atoms with E-state index < -0.39 is 0 Å². The molecule has 0 saturated carbocycles. The summed E-state index contributed by atoms with van der Waals surface area (Å²) in [6.07, 6.45) is 0. The van der Waals surface area contributed by atoms with E-state index >= 15 is 0 Å². The number of carbonyl (C=O) groups excluding carboxylic acids is 1. The van der Waals surface area contributed by atoms with Gasteiger partial charge in [-0.3, -0.25) is 4.79 Å². The molecule has 0 bridgehead atoms. The summed E-state index contributed by atoms with van der Waals surface area (Å²) in [5.41, 5.74) is 0.829. The number of hydrogen-bond acceptors (Lipinski definition) is 4. The van der Waals surface area contributed by atoms with Gasteiger partial charge in [0.2, 0.25) is 5.91 Å². The predicted molar refractivity (Wildman–Crippen MR) is 95.4 cm³/mol. The highest BCUT2D eigenvalue weighted by molar-refractivity contribution is 8.00. The Bertz CT molecular complexity index is 818. The normalized spacial score (nSPS) is 10.8. The average molecular weight is 369 g/mol. The molecule has 22 heavy (non-hydrogen) atoms. The maximum Gasteiger partial charge on any atom is 0.236 e. The van der Waals surface area contributed by atoms with Crippen molar-refractivity contribution in [1.82, 2.24) is 4.98 Å². The van der Waals surface area contributed by atoms with Gasteiger partial charge in [0.1, 0.15) is 0 Å². The highest BCUT2D eigenvalue weighted by Gasteiger charge is 2.08. The van der Waals surface area contributed by atoms with Crippen LogP contribution < -0.4 is 5.32 Å². The lowest BCUT2D eigenvalue weighted by molar-refractivity contribution is -0.113. The molecule has 0 radical (unpaired) electrons. The van der Waals surface area contributed by atoms with Gasteiger partial charge in [0.25, 0.3) is 0 Å². The SMILES string of the molecule is O=C(CSc1ccc(Cl)cc1)Nc1nc2ccc(Cl)cc2s1. The Labute approximate surface area is 145 Å². The molecular formula is C15H10Cl2N2OS2. The van der Waals surface area contributed by atoms with Crippen molar-refractivity contribution >= 4 is 67.6 Å². The van der Waals surface area contributed by atoms with Crippen molar-refractivity contribution in [3.63, 3.8) is 0 Å². The van der Waals surface area contributed by atoms with Crippen LogP contribution in [0.2, 0.25) is 10.0 Å². The fourth-order valence-electron chi connectivity index (χ4n) is 1.79. The van der Waals surface area contributed by atoms with Crippen molar-refractivity contribution in [3.05, 3.63) is 52.5 Å². The van der Waals surface area contributed by atoms with E-state index in [0.29, 0.717) is 20.9 Å². The monoisotopic (exact) mass is 368 g/mol. The third-order valence-corrected chi connectivity index (χ3v) is 5.21. The van der Waals surface area contributed by atoms with Gasteiger partial charge in [-0.25, -0.2) is 4.98 Å². The molecule has 0 saturated heterocycles. The number of anilines is 1. The van der Waals surface area contributed by atoms with Crippen LogP contribution in [-0.2, 0) is 4.79 Å². The average Bonchev–Trinajstić information content (AvgIpc) is 2.88. The molecule has 0 aliphatic heterocycles. The molecule has 1 amide bonds. The molecule has 0 fully saturated rings. The topological polar surface area (TPSA) is 42.0 Å². The lowest BCUT2D eigenvalue weighted by atomic mass is 10.3. The van der Waals surface area contributed by atoms with E-state index in [1.807, 2.05) is 24.3 Å². The van der Waals surface area contributed by atoms with Gasteiger partial charge in [0, 0.05) is 14.9 Å². The minimum absolute atomic E-state index is 0.0925. The summed E-state index contributed by atoms with van der Waals surface area (Å²) in [5, 5.41) is 4.74. The first-order chi connectivity index (χ1) is 10.6. The van der Waals surface area contributed by atoms with Crippen molar-refractivity contribution in [3.8, 4) is 0 Å². The van der Waals surface area contributed by atoms with Crippen LogP contribution in [0.1, 0.15) is 0 Å². The molecule has 7 heteroatoms. The quantitative estimate of drug-likeness (QED) is 0.632. The molecule has 0 spiro atoms. The number of nitrogens with one attached hydrogen (secondary N) is 1. The molecule has 3 nitrogen and oxygen atoms in total. The van der Waals surface area contributed by atoms with E-state index in [9.17, 15) is 4.79 Å². The zero-order valence-electron chi connectivity index (χ0n) is 11.2. The standard InChI is InChI=1S/C15H10Cl2N2OS2/c16-9-1-4-11(5-2-9)21-8-14(20)19-15-18-12-6-3-10(17)7-13(12)22-15/h1-7H,8H2,(H,18,19,20). The molecule has 2 aromatic carbocycles. The van der Waals surface area contributed by atoms with Crippen molar-refractivity contribution in [1.29, 1.82) is 0 Å². The molecule has 0 unspecified atom stereocenters. The maximum absolute atomic E-state index is 12.0. The Balaban J connectivity index is 1.61. The maximum atomic E-state index is 12.0. The van der Waals surface area contributed by atoms with Gasteiger partial charge in [-0.2, -0.15) is 0 Å². The van der Waals surface area contributed by atoms with Crippen LogP contribution in [0.3, 0.4) is 0 Å². The van der Waals surface area contributed by atoms with E-state index in [1.54, 1.807) is 18.2 Å². The van der Waals surface area contributed by atoms with Crippen LogP contribution in [0.4, 0.5) is 5.13 Å². The third kappa shape index (κ3) is 3.93. The number of halogens is 2. The summed E-state index contributed by atoms with van der Waals surface area (Å²) in [6.45, 7) is 0. The Hall–Kier alpha value is -1.27. The molecule has 3 aromatic rings. The summed E-state index contributed by atoms with van der Waals surface area (Å²) in [7, 11) is 0. The van der Waals surface area contributed by atoms with Gasteiger partial charge in [0.15, 0.2) is 5.13 Å². The lowest BCUT2D eigenvalue weighted by Gasteiger charge is -2.02. The second-order valence-electron chi connectivity index (χ2n) is 4.42. The first-order valence-electron chi connectivity index (χ1n) is 6.34. The van der Waals surface area contributed by atoms with Crippen LogP contribution in [0.15, 0.2) is 47.4 Å². The lowest BCUT2D eigenvalue weighted by Crippen LogP contribution is -2.13. The third-order valence-electron chi connectivity index (χ3n) is 2.78. The summed E-state index contributed by atoms with van der Waals surface area (Å²) in [5.74, 6) is 0.225. The number of amides is 1. The first kappa shape index (κ1) is 15.6. The summed E-state index contributed by atoms with van der Waals surface area (Å²) < 4.78 is 0.952. The number of aromatic nitrogens is 1. The number of fused-ring (bicyclic) bond motifs is 1. The second kappa shape index (κ2) is 6.87. The van der Waals surface area contributed by atoms with E-state index in [2.05, 4.69) is 10.3 Å². The first-order valence-corrected chi connectivity index (χ1v) is 8.90. The Morgan fingerprint density at radius 1 is 1.14 bits per heavy atom. The molecule has 1 heterocycles. The van der Waals surface area contributed by atoms with Crippen LogP contribution in [0.5, 0.6) is 0 Å². The second-order valence-corrected chi connectivity index (χ2v) is 7.37. The van der Waals surface area contributed by atoms with Crippen molar-refractivity contribution in [2.24, 2.45) is 0 Å². The molecule has 112 valence electrons. The van der Waals surface area contributed by atoms with Gasteiger partial charge < -0.3 is 5.32 Å². The zero-order chi connectivity index (χ0) is 15.5. The number of benzene rings is 2. The smallest absolute Gasteiger partial charge is 0.236 e. The van der Waals surface area contributed by atoms with Crippen LogP contribution in [-0.4, -0.2) is 16.6 Å². The molecule has 0 aliphatic rings. The molecule has 1 N–H and O–H groups in total. The minimum Gasteiger partial charge on any atom is -0.301 e. The Morgan fingerprint density at radius 2 is 1.86 bits per heavy atom. The van der Waals surface area contributed by atoms with Gasteiger partial charge in [-0.15, -0.1) is 11.8 Å². The highest BCUT2D eigenvalue weighted by Crippen LogP contribution is 2.28. The summed E-state index contributed by atoms with van der Waals surface area (Å²) >= 11 is 14.6. The highest BCUT2D eigenvalue weighted by atomic mass is 35.5. The number of hydrogen-bond donors (Lipinski definition) is 1. The van der Waals surface area contributed by atoms with Gasteiger partial charge in [-0.05, 0) is 42.5 Å². The summed E-state index contributed by atoms with van der Waals surface area (Å²) in [4.78, 5) is 17.3. The van der Waals surface area contributed by atoms with Crippen molar-refractivity contribution in [2.45, 2.75) is 4.90 Å². The molecule has 1 aromatic heterocycles. The summed E-state index contributed by atoms with van der Waals surface area (Å²) in [6, 6.07) is 12.8. The number of thioether (sulfide) groups is 1. The number of rotatable bonds is 4. The Kier molecular flexibility index (Phi) is 4.88. The molecule has 0 aliphatic carbocycles. The molecule has 3 rings (SSSR count). The Morgan fingerprint density at radius 3 is 2.64 bits per heavy atom. The molecular weight excluding hydrogens is 359 g/mol. The van der Waals surface area contributed by atoms with E-state index in [1.165, 1.54) is 23.1 Å². The van der Waals surface area contributed by atoms with Crippen molar-refractivity contribution < 1.29 is 4.79 Å².